The molecular formula is C12H18N2O3S. The van der Waals surface area contributed by atoms with E-state index in [9.17, 15) is 4.79 Å². The fraction of sp³-hybridized carbons (Fsp3) is 0.583. The van der Waals surface area contributed by atoms with Crippen LogP contribution in [0.3, 0.4) is 0 Å². The van der Waals surface area contributed by atoms with Gasteiger partial charge in [-0.3, -0.25) is 10.7 Å². The Bertz CT molecular complexity index is 451. The number of amides is 1. The quantitative estimate of drug-likeness (QED) is 0.770. The number of thiophene rings is 1. The van der Waals surface area contributed by atoms with Crippen molar-refractivity contribution in [3.63, 3.8) is 0 Å². The molecule has 2 N–H and O–H groups in total. The number of nitrogens with one attached hydrogen (secondary N) is 1. The van der Waals surface area contributed by atoms with E-state index in [0.717, 1.165) is 12.0 Å². The van der Waals surface area contributed by atoms with Gasteiger partial charge >= 0.3 is 6.09 Å². The Morgan fingerprint density at radius 1 is 1.56 bits per heavy atom. The SMILES string of the molecule is CC(C)(C)OC(=O)N1CCc2sc(NO)cc2C1. The summed E-state index contributed by atoms with van der Waals surface area (Å²) >= 11 is 1.52. The maximum atomic E-state index is 11.9. The molecule has 0 aliphatic carbocycles. The van der Waals surface area contributed by atoms with Gasteiger partial charge in [-0.1, -0.05) is 0 Å². The minimum absolute atomic E-state index is 0.280. The maximum absolute atomic E-state index is 11.9. The lowest BCUT2D eigenvalue weighted by Crippen LogP contribution is -2.39. The van der Waals surface area contributed by atoms with Crippen molar-refractivity contribution in [3.05, 3.63) is 16.5 Å². The van der Waals surface area contributed by atoms with Crippen molar-refractivity contribution in [1.29, 1.82) is 0 Å². The van der Waals surface area contributed by atoms with Crippen LogP contribution in [0.25, 0.3) is 0 Å². The number of hydrogen-bond donors (Lipinski definition) is 2. The average molecular weight is 270 g/mol. The summed E-state index contributed by atoms with van der Waals surface area (Å²) in [6.45, 7) is 6.78. The van der Waals surface area contributed by atoms with Crippen LogP contribution in [0.5, 0.6) is 0 Å². The van der Waals surface area contributed by atoms with Crippen molar-refractivity contribution in [2.75, 3.05) is 12.0 Å². The number of ether oxygens (including phenoxy) is 1. The zero-order valence-corrected chi connectivity index (χ0v) is 11.6. The highest BCUT2D eigenvalue weighted by molar-refractivity contribution is 7.16. The minimum Gasteiger partial charge on any atom is -0.444 e. The van der Waals surface area contributed by atoms with Crippen molar-refractivity contribution in [2.24, 2.45) is 0 Å². The van der Waals surface area contributed by atoms with Crippen LogP contribution in [-0.4, -0.2) is 28.3 Å². The average Bonchev–Trinajstić information content (AvgIpc) is 2.68. The van der Waals surface area contributed by atoms with E-state index in [4.69, 9.17) is 9.94 Å². The monoisotopic (exact) mass is 270 g/mol. The maximum Gasteiger partial charge on any atom is 0.410 e. The van der Waals surface area contributed by atoms with E-state index in [-0.39, 0.29) is 6.09 Å². The summed E-state index contributed by atoms with van der Waals surface area (Å²) in [5.41, 5.74) is 2.76. The molecule has 0 atom stereocenters. The summed E-state index contributed by atoms with van der Waals surface area (Å²) in [5, 5.41) is 9.58. The van der Waals surface area contributed by atoms with Crippen molar-refractivity contribution in [3.8, 4) is 0 Å². The molecule has 0 saturated heterocycles. The van der Waals surface area contributed by atoms with Gasteiger partial charge in [-0.25, -0.2) is 4.79 Å². The Kier molecular flexibility index (Phi) is 3.49. The predicted molar refractivity (Wildman–Crippen MR) is 70.1 cm³/mol. The third-order valence-corrected chi connectivity index (χ3v) is 3.77. The van der Waals surface area contributed by atoms with Gasteiger partial charge in [0.1, 0.15) is 10.6 Å². The molecule has 0 bridgehead atoms. The van der Waals surface area contributed by atoms with Gasteiger partial charge in [0.05, 0.1) is 6.54 Å². The summed E-state index contributed by atoms with van der Waals surface area (Å²) in [6, 6.07) is 1.87. The van der Waals surface area contributed by atoms with Gasteiger partial charge < -0.3 is 9.64 Å². The van der Waals surface area contributed by atoms with E-state index in [2.05, 4.69) is 5.48 Å². The van der Waals surface area contributed by atoms with E-state index in [0.29, 0.717) is 18.1 Å². The molecule has 1 aromatic heterocycles. The molecule has 0 unspecified atom stereocenters. The normalized spacial score (nSPS) is 15.2. The van der Waals surface area contributed by atoms with E-state index in [1.165, 1.54) is 16.2 Å². The first-order valence-electron chi connectivity index (χ1n) is 5.88. The van der Waals surface area contributed by atoms with Crippen molar-refractivity contribution < 1.29 is 14.7 Å². The smallest absolute Gasteiger partial charge is 0.410 e. The van der Waals surface area contributed by atoms with Crippen molar-refractivity contribution >= 4 is 22.4 Å². The zero-order valence-electron chi connectivity index (χ0n) is 10.8. The first-order valence-corrected chi connectivity index (χ1v) is 6.70. The molecule has 6 heteroatoms. The van der Waals surface area contributed by atoms with Gasteiger partial charge in [0, 0.05) is 11.4 Å². The lowest BCUT2D eigenvalue weighted by molar-refractivity contribution is 0.0225. The number of fused-ring (bicyclic) bond motifs is 1. The van der Waals surface area contributed by atoms with Crippen LogP contribution in [0.15, 0.2) is 6.07 Å². The van der Waals surface area contributed by atoms with E-state index < -0.39 is 5.60 Å². The van der Waals surface area contributed by atoms with Gasteiger partial charge in [0.2, 0.25) is 0 Å². The molecule has 0 spiro atoms. The highest BCUT2D eigenvalue weighted by Gasteiger charge is 2.26. The lowest BCUT2D eigenvalue weighted by Gasteiger charge is -2.29. The molecule has 1 amide bonds. The first kappa shape index (κ1) is 13.2. The van der Waals surface area contributed by atoms with Crippen LogP contribution in [0.4, 0.5) is 9.80 Å². The van der Waals surface area contributed by atoms with Crippen LogP contribution in [0.2, 0.25) is 0 Å². The highest BCUT2D eigenvalue weighted by Crippen LogP contribution is 2.31. The largest absolute Gasteiger partial charge is 0.444 e. The second-order valence-electron chi connectivity index (χ2n) is 5.32. The second kappa shape index (κ2) is 4.78. The summed E-state index contributed by atoms with van der Waals surface area (Å²) < 4.78 is 5.35. The number of carbonyl (C=O) groups excluding carboxylic acids is 1. The predicted octanol–water partition coefficient (Wildman–Crippen LogP) is 2.84. The Morgan fingerprint density at radius 2 is 2.28 bits per heavy atom. The van der Waals surface area contributed by atoms with E-state index in [1.807, 2.05) is 26.8 Å². The summed E-state index contributed by atoms with van der Waals surface area (Å²) in [7, 11) is 0. The summed E-state index contributed by atoms with van der Waals surface area (Å²) in [6.07, 6.45) is 0.527. The fourth-order valence-corrected chi connectivity index (χ4v) is 2.83. The molecule has 1 aliphatic rings. The molecule has 1 aromatic rings. The Morgan fingerprint density at radius 3 is 2.89 bits per heavy atom. The van der Waals surface area contributed by atoms with Crippen LogP contribution in [0.1, 0.15) is 31.2 Å². The molecule has 5 nitrogen and oxygen atoms in total. The summed E-state index contributed by atoms with van der Waals surface area (Å²) in [4.78, 5) is 14.9. The van der Waals surface area contributed by atoms with Gasteiger partial charge in [0.15, 0.2) is 0 Å². The van der Waals surface area contributed by atoms with Gasteiger partial charge in [-0.05, 0) is 38.8 Å². The van der Waals surface area contributed by atoms with Gasteiger partial charge in [-0.2, -0.15) is 0 Å². The third kappa shape index (κ3) is 2.94. The molecule has 100 valence electrons. The van der Waals surface area contributed by atoms with Gasteiger partial charge in [0.25, 0.3) is 0 Å². The van der Waals surface area contributed by atoms with Crippen molar-refractivity contribution in [2.45, 2.75) is 39.3 Å². The Hall–Kier alpha value is -1.27. The van der Waals surface area contributed by atoms with Crippen molar-refractivity contribution in [1.82, 2.24) is 4.90 Å². The first-order chi connectivity index (χ1) is 8.39. The Balaban J connectivity index is 2.05. The van der Waals surface area contributed by atoms with Gasteiger partial charge in [-0.15, -0.1) is 11.3 Å². The van der Waals surface area contributed by atoms with Crippen LogP contribution >= 0.6 is 11.3 Å². The molecule has 18 heavy (non-hydrogen) atoms. The molecule has 0 aromatic carbocycles. The molecule has 0 saturated carbocycles. The molecule has 2 heterocycles. The number of hydrogen-bond acceptors (Lipinski definition) is 5. The molecule has 2 rings (SSSR count). The van der Waals surface area contributed by atoms with E-state index in [1.54, 1.807) is 4.90 Å². The summed E-state index contributed by atoms with van der Waals surface area (Å²) in [5.74, 6) is 0. The fourth-order valence-electron chi connectivity index (χ4n) is 1.87. The minimum atomic E-state index is -0.468. The highest BCUT2D eigenvalue weighted by atomic mass is 32.1. The number of nitrogens with zero attached hydrogens (tertiary/aromatic N) is 1. The van der Waals surface area contributed by atoms with E-state index >= 15 is 0 Å². The Labute approximate surface area is 110 Å². The molecule has 1 aliphatic heterocycles. The molecule has 0 fully saturated rings. The van der Waals surface area contributed by atoms with Crippen LogP contribution in [0, 0.1) is 0 Å². The third-order valence-electron chi connectivity index (χ3n) is 2.63. The number of rotatable bonds is 1. The second-order valence-corrected chi connectivity index (χ2v) is 6.46. The zero-order chi connectivity index (χ0) is 13.3. The van der Waals surface area contributed by atoms with Crippen LogP contribution < -0.4 is 5.48 Å². The van der Waals surface area contributed by atoms with Crippen LogP contribution in [-0.2, 0) is 17.7 Å². The lowest BCUT2D eigenvalue weighted by atomic mass is 10.1. The molecule has 0 radical (unpaired) electrons. The number of carbonyl (C=O) groups is 1. The number of anilines is 1. The standard InChI is InChI=1S/C12H18N2O3S/c1-12(2,3)17-11(15)14-5-4-9-8(7-14)6-10(13-16)18-9/h6,13,16H,4-5,7H2,1-3H3. The molecular weight excluding hydrogens is 252 g/mol. The topological polar surface area (TPSA) is 61.8 Å².